The minimum Gasteiger partial charge on any atom is -0.374 e. The predicted octanol–water partition coefficient (Wildman–Crippen LogP) is 3.10. The number of fused-ring (bicyclic) bond motifs is 1. The highest BCUT2D eigenvalue weighted by Gasteiger charge is 2.62. The van der Waals surface area contributed by atoms with E-state index >= 15 is 0 Å². The van der Waals surface area contributed by atoms with Crippen molar-refractivity contribution >= 4 is 7.60 Å². The van der Waals surface area contributed by atoms with E-state index in [1.54, 1.807) is 13.8 Å². The normalized spacial score (nSPS) is 32.7. The Balaban J connectivity index is 1.54. The van der Waals surface area contributed by atoms with E-state index in [0.29, 0.717) is 6.61 Å². The molecule has 198 valence electrons. The highest BCUT2D eigenvalue weighted by molar-refractivity contribution is 7.54. The van der Waals surface area contributed by atoms with Gasteiger partial charge in [0.1, 0.15) is 24.4 Å². The van der Waals surface area contributed by atoms with Gasteiger partial charge in [0.05, 0.1) is 19.8 Å². The zero-order valence-electron chi connectivity index (χ0n) is 21.0. The van der Waals surface area contributed by atoms with Crippen LogP contribution in [0.15, 0.2) is 30.3 Å². The molecule has 0 saturated carbocycles. The number of hydrogen-bond donors (Lipinski definition) is 1. The van der Waals surface area contributed by atoms with Gasteiger partial charge in [0.15, 0.2) is 23.6 Å². The number of rotatable bonds is 10. The molecule has 3 fully saturated rings. The first-order chi connectivity index (χ1) is 16.5. The fourth-order valence-corrected chi connectivity index (χ4v) is 6.00. The summed E-state index contributed by atoms with van der Waals surface area (Å²) >= 11 is 0. The van der Waals surface area contributed by atoms with Crippen molar-refractivity contribution in [1.82, 2.24) is 5.06 Å². The van der Waals surface area contributed by atoms with E-state index in [1.165, 1.54) is 14.2 Å². The van der Waals surface area contributed by atoms with E-state index in [-0.39, 0.29) is 13.2 Å². The van der Waals surface area contributed by atoms with E-state index in [1.807, 2.05) is 44.2 Å². The lowest BCUT2D eigenvalue weighted by Crippen LogP contribution is -2.49. The van der Waals surface area contributed by atoms with Crippen molar-refractivity contribution in [2.45, 2.75) is 82.3 Å². The van der Waals surface area contributed by atoms with Crippen molar-refractivity contribution in [2.75, 3.05) is 27.4 Å². The number of hydroxylamine groups is 2. The van der Waals surface area contributed by atoms with Crippen LogP contribution in [0.3, 0.4) is 0 Å². The molecule has 3 aliphatic rings. The largest absolute Gasteiger partial charge is 0.374 e. The molecule has 3 saturated heterocycles. The van der Waals surface area contributed by atoms with Crippen LogP contribution < -0.4 is 0 Å². The molecule has 1 N–H and O–H groups in total. The molecule has 12 heteroatoms. The maximum absolute atomic E-state index is 13.4. The van der Waals surface area contributed by atoms with Crippen LogP contribution in [0.4, 0.5) is 0 Å². The van der Waals surface area contributed by atoms with Crippen molar-refractivity contribution in [3.8, 4) is 0 Å². The summed E-state index contributed by atoms with van der Waals surface area (Å²) in [5.74, 6) is -2.89. The molecule has 0 aliphatic carbocycles. The van der Waals surface area contributed by atoms with E-state index < -0.39 is 55.6 Å². The summed E-state index contributed by atoms with van der Waals surface area (Å²) in [7, 11) is -1.32. The van der Waals surface area contributed by atoms with Gasteiger partial charge in [-0.15, -0.1) is 5.06 Å². The number of ether oxygens (including phenoxy) is 6. The lowest BCUT2D eigenvalue weighted by atomic mass is 10.1. The maximum atomic E-state index is 13.4. The van der Waals surface area contributed by atoms with Gasteiger partial charge >= 0.3 is 7.60 Å². The Bertz CT molecular complexity index is 892. The highest BCUT2D eigenvalue weighted by atomic mass is 31.2. The topological polar surface area (TPSA) is 114 Å². The summed E-state index contributed by atoms with van der Waals surface area (Å²) in [6.07, 6.45) is -3.35. The average Bonchev–Trinajstić information content (AvgIpc) is 3.45. The predicted molar refractivity (Wildman–Crippen MR) is 123 cm³/mol. The second-order valence-electron chi connectivity index (χ2n) is 9.69. The van der Waals surface area contributed by atoms with Crippen molar-refractivity contribution in [3.05, 3.63) is 35.9 Å². The number of nitrogens with zero attached hydrogens (tertiary/aromatic N) is 1. The zero-order valence-corrected chi connectivity index (χ0v) is 21.9. The first kappa shape index (κ1) is 27.1. The van der Waals surface area contributed by atoms with Gasteiger partial charge in [-0.3, -0.25) is 4.57 Å². The molecule has 0 bridgehead atoms. The third-order valence-electron chi connectivity index (χ3n) is 6.28. The second-order valence-corrected chi connectivity index (χ2v) is 12.1. The van der Waals surface area contributed by atoms with Crippen LogP contribution in [0, 0.1) is 0 Å². The summed E-state index contributed by atoms with van der Waals surface area (Å²) in [5, 5.41) is 12.2. The molecule has 3 aliphatic heterocycles. The molecule has 3 heterocycles. The van der Waals surface area contributed by atoms with Gasteiger partial charge in [-0.05, 0) is 33.3 Å². The number of benzene rings is 1. The second kappa shape index (κ2) is 10.4. The van der Waals surface area contributed by atoms with Crippen molar-refractivity contribution in [1.29, 1.82) is 0 Å². The van der Waals surface area contributed by atoms with Crippen molar-refractivity contribution in [2.24, 2.45) is 0 Å². The van der Waals surface area contributed by atoms with Crippen LogP contribution in [0.25, 0.3) is 0 Å². The summed E-state index contributed by atoms with van der Waals surface area (Å²) in [4.78, 5) is 0. The van der Waals surface area contributed by atoms with E-state index in [2.05, 4.69) is 0 Å². The molecule has 0 radical (unpaired) electrons. The van der Waals surface area contributed by atoms with Crippen LogP contribution in [-0.4, -0.2) is 85.7 Å². The molecule has 1 aromatic carbocycles. The monoisotopic (exact) mass is 517 g/mol. The molecule has 35 heavy (non-hydrogen) atoms. The first-order valence-electron chi connectivity index (χ1n) is 11.6. The summed E-state index contributed by atoms with van der Waals surface area (Å²) < 4.78 is 59.8. The lowest BCUT2D eigenvalue weighted by Gasteiger charge is -2.35. The fourth-order valence-electron chi connectivity index (χ4n) is 4.65. The van der Waals surface area contributed by atoms with Gasteiger partial charge in [-0.2, -0.15) is 0 Å². The smallest absolute Gasteiger partial charge is 0.351 e. The van der Waals surface area contributed by atoms with Crippen LogP contribution >= 0.6 is 7.60 Å². The standard InChI is InChI=1S/C23H36NO10P/c1-22(2)30-13-16(32-22)18-19-20(34-23(3,4)33-19)21(31-18)24(25)17(35(26,27-5)28-6)14-29-12-15-10-8-7-9-11-15/h7-11,16-21,25H,12-14H2,1-6H3/t16?,17-,18-,19+,20+,21+/m1/s1. The number of hydrogen-bond acceptors (Lipinski definition) is 11. The first-order valence-corrected chi connectivity index (χ1v) is 13.2. The Kier molecular flexibility index (Phi) is 8.07. The van der Waals surface area contributed by atoms with Crippen LogP contribution in [0.1, 0.15) is 33.3 Å². The Labute approximate surface area is 205 Å². The maximum Gasteiger partial charge on any atom is 0.351 e. The molecule has 6 atom stereocenters. The van der Waals surface area contributed by atoms with Gasteiger partial charge in [0, 0.05) is 14.2 Å². The summed E-state index contributed by atoms with van der Waals surface area (Å²) in [6.45, 7) is 7.58. The van der Waals surface area contributed by atoms with Crippen LogP contribution in [0.2, 0.25) is 0 Å². The molecular formula is C23H36NO10P. The van der Waals surface area contributed by atoms with E-state index in [4.69, 9.17) is 37.5 Å². The summed E-state index contributed by atoms with van der Waals surface area (Å²) in [5.41, 5.74) is 0.924. The molecule has 0 aromatic heterocycles. The molecular weight excluding hydrogens is 481 g/mol. The minimum absolute atomic E-state index is 0.160. The van der Waals surface area contributed by atoms with E-state index in [9.17, 15) is 9.77 Å². The lowest BCUT2D eigenvalue weighted by molar-refractivity contribution is -0.279. The summed E-state index contributed by atoms with van der Waals surface area (Å²) in [6, 6.07) is 9.51. The SMILES string of the molecule is COP(=O)(OC)[C@H](COCc1ccccc1)N(O)[C@H]1O[C@H](C2COC(C)(C)O2)[C@@H]2OC(C)(C)O[C@@H]21. The Morgan fingerprint density at radius 1 is 1.03 bits per heavy atom. The van der Waals surface area contributed by atoms with Gasteiger partial charge in [-0.1, -0.05) is 30.3 Å². The minimum atomic E-state index is -3.84. The van der Waals surface area contributed by atoms with Crippen molar-refractivity contribution in [3.63, 3.8) is 0 Å². The zero-order chi connectivity index (χ0) is 25.4. The Morgan fingerprint density at radius 3 is 2.29 bits per heavy atom. The Morgan fingerprint density at radius 2 is 1.69 bits per heavy atom. The third kappa shape index (κ3) is 5.81. The van der Waals surface area contributed by atoms with Gasteiger partial charge < -0.3 is 42.7 Å². The average molecular weight is 518 g/mol. The fraction of sp³-hybridized carbons (Fsp3) is 0.739. The Hall–Kier alpha value is -0.950. The van der Waals surface area contributed by atoms with Crippen LogP contribution in [-0.2, 0) is 48.6 Å². The highest BCUT2D eigenvalue weighted by Crippen LogP contribution is 2.54. The molecule has 4 rings (SSSR count). The van der Waals surface area contributed by atoms with Gasteiger partial charge in [-0.25, -0.2) is 0 Å². The van der Waals surface area contributed by atoms with E-state index in [0.717, 1.165) is 10.6 Å². The molecule has 0 spiro atoms. The molecule has 0 amide bonds. The third-order valence-corrected chi connectivity index (χ3v) is 8.41. The molecule has 11 nitrogen and oxygen atoms in total. The van der Waals surface area contributed by atoms with Gasteiger partial charge in [0.25, 0.3) is 0 Å². The molecule has 1 unspecified atom stereocenters. The van der Waals surface area contributed by atoms with Crippen molar-refractivity contribution < 1.29 is 47.2 Å². The quantitative estimate of drug-likeness (QED) is 0.365. The van der Waals surface area contributed by atoms with Crippen LogP contribution in [0.5, 0.6) is 0 Å². The van der Waals surface area contributed by atoms with Gasteiger partial charge in [0.2, 0.25) is 0 Å². The molecule has 1 aromatic rings.